The van der Waals surface area contributed by atoms with Crippen molar-refractivity contribution in [3.05, 3.63) is 228 Å². The second-order valence-electron chi connectivity index (χ2n) is 15.9. The van der Waals surface area contributed by atoms with Crippen LogP contribution in [0.25, 0.3) is 50.4 Å². The van der Waals surface area contributed by atoms with Crippen LogP contribution >= 0.6 is 0 Å². The van der Waals surface area contributed by atoms with Crippen LogP contribution in [0.3, 0.4) is 0 Å². The van der Waals surface area contributed by atoms with Gasteiger partial charge in [-0.15, -0.1) is 0 Å². The molecule has 3 atom stereocenters. The van der Waals surface area contributed by atoms with Crippen LogP contribution in [0.2, 0.25) is 0 Å². The van der Waals surface area contributed by atoms with Gasteiger partial charge in [0.2, 0.25) is 0 Å². The molecule has 0 radical (unpaired) electrons. The molecule has 1 heterocycles. The molecule has 0 fully saturated rings. The second kappa shape index (κ2) is 12.6. The minimum Gasteiger partial charge on any atom is -0.460 e. The second-order valence-corrected chi connectivity index (χ2v) is 15.9. The average Bonchev–Trinajstić information content (AvgIpc) is 3.91. The molecule has 0 bridgehead atoms. The summed E-state index contributed by atoms with van der Waals surface area (Å²) in [5.41, 5.74) is 18.4. The number of benzene rings is 7. The zero-order valence-electron chi connectivity index (χ0n) is 31.5. The van der Waals surface area contributed by atoms with Gasteiger partial charge in [0.25, 0.3) is 0 Å². The fourth-order valence-electron chi connectivity index (χ4n) is 10.5. The van der Waals surface area contributed by atoms with E-state index >= 15 is 0 Å². The summed E-state index contributed by atoms with van der Waals surface area (Å²) in [6, 6.07) is 60.9. The minimum atomic E-state index is -0.294. The molecule has 7 aromatic carbocycles. The predicted octanol–water partition coefficient (Wildman–Crippen LogP) is 14.4. The normalized spacial score (nSPS) is 19.3. The Morgan fingerprint density at radius 2 is 1.18 bits per heavy atom. The van der Waals surface area contributed by atoms with Gasteiger partial charge in [-0.25, -0.2) is 0 Å². The van der Waals surface area contributed by atoms with Crippen LogP contribution in [0.15, 0.2) is 199 Å². The lowest BCUT2D eigenvalue weighted by molar-refractivity contribution is 0.465. The fourth-order valence-corrected chi connectivity index (χ4v) is 10.5. The highest BCUT2D eigenvalue weighted by atomic mass is 16.3. The molecular formula is C55H39NO. The predicted molar refractivity (Wildman–Crippen MR) is 235 cm³/mol. The van der Waals surface area contributed by atoms with Gasteiger partial charge in [-0.1, -0.05) is 152 Å². The van der Waals surface area contributed by atoms with E-state index < -0.39 is 0 Å². The summed E-state index contributed by atoms with van der Waals surface area (Å²) in [5.74, 6) is 1.70. The van der Waals surface area contributed by atoms with E-state index in [0.29, 0.717) is 5.92 Å². The van der Waals surface area contributed by atoms with Gasteiger partial charge in [0.15, 0.2) is 0 Å². The van der Waals surface area contributed by atoms with Crippen molar-refractivity contribution < 1.29 is 4.42 Å². The summed E-state index contributed by atoms with van der Waals surface area (Å²) in [6.07, 6.45) is 15.9. The minimum absolute atomic E-state index is 0.282. The molecule has 4 aliphatic rings. The van der Waals surface area contributed by atoms with Gasteiger partial charge in [-0.3, -0.25) is 0 Å². The Bertz CT molecular complexity index is 2960. The first kappa shape index (κ1) is 32.4. The number of fused-ring (bicyclic) bond motifs is 13. The highest BCUT2D eigenvalue weighted by Gasteiger charge is 2.57. The first-order chi connectivity index (χ1) is 28.3. The third-order valence-corrected chi connectivity index (χ3v) is 13.0. The highest BCUT2D eigenvalue weighted by Crippen LogP contribution is 2.65. The molecule has 1 spiro atoms. The monoisotopic (exact) mass is 729 g/mol. The molecule has 270 valence electrons. The maximum Gasteiger partial charge on any atom is 0.134 e. The first-order valence-corrected chi connectivity index (χ1v) is 20.2. The Labute approximate surface area is 333 Å². The van der Waals surface area contributed by atoms with Crippen molar-refractivity contribution in [2.24, 2.45) is 5.92 Å². The van der Waals surface area contributed by atoms with E-state index in [4.69, 9.17) is 4.42 Å². The van der Waals surface area contributed by atoms with E-state index in [1.165, 1.54) is 66.6 Å². The molecule has 12 rings (SSSR count). The van der Waals surface area contributed by atoms with Crippen molar-refractivity contribution in [2.75, 3.05) is 4.90 Å². The molecule has 2 heteroatoms. The third-order valence-electron chi connectivity index (χ3n) is 13.0. The van der Waals surface area contributed by atoms with E-state index in [1.54, 1.807) is 0 Å². The van der Waals surface area contributed by atoms with Crippen molar-refractivity contribution in [2.45, 2.75) is 24.2 Å². The maximum absolute atomic E-state index is 6.24. The zero-order valence-corrected chi connectivity index (χ0v) is 31.5. The van der Waals surface area contributed by atoms with Crippen molar-refractivity contribution in [3.8, 4) is 33.4 Å². The number of anilines is 3. The van der Waals surface area contributed by atoms with Crippen LogP contribution in [0.5, 0.6) is 0 Å². The van der Waals surface area contributed by atoms with Crippen molar-refractivity contribution in [1.82, 2.24) is 0 Å². The number of nitrogens with zero attached hydrogens (tertiary/aromatic N) is 1. The van der Waals surface area contributed by atoms with Crippen LogP contribution in [-0.4, -0.2) is 0 Å². The van der Waals surface area contributed by atoms with Crippen LogP contribution < -0.4 is 4.90 Å². The Hall–Kier alpha value is -6.90. The van der Waals surface area contributed by atoms with Gasteiger partial charge in [-0.05, 0) is 111 Å². The van der Waals surface area contributed by atoms with Gasteiger partial charge in [0.1, 0.15) is 11.3 Å². The zero-order chi connectivity index (χ0) is 37.5. The average molecular weight is 730 g/mol. The van der Waals surface area contributed by atoms with Gasteiger partial charge >= 0.3 is 0 Å². The molecule has 4 aliphatic carbocycles. The topological polar surface area (TPSA) is 16.4 Å². The van der Waals surface area contributed by atoms with Crippen LogP contribution in [-0.2, 0) is 11.8 Å². The number of furan rings is 1. The van der Waals surface area contributed by atoms with E-state index in [-0.39, 0.29) is 11.3 Å². The molecule has 8 aromatic rings. The third kappa shape index (κ3) is 4.77. The molecule has 57 heavy (non-hydrogen) atoms. The Kier molecular flexibility index (Phi) is 7.13. The molecule has 0 amide bonds. The van der Waals surface area contributed by atoms with Crippen LogP contribution in [0.1, 0.15) is 45.9 Å². The van der Waals surface area contributed by atoms with Crippen molar-refractivity contribution in [1.29, 1.82) is 0 Å². The Morgan fingerprint density at radius 3 is 2.00 bits per heavy atom. The lowest BCUT2D eigenvalue weighted by Gasteiger charge is -2.36. The summed E-state index contributed by atoms with van der Waals surface area (Å²) in [4.78, 5) is 2.44. The van der Waals surface area contributed by atoms with Crippen LogP contribution in [0, 0.1) is 5.92 Å². The van der Waals surface area contributed by atoms with Gasteiger partial charge in [0, 0.05) is 46.3 Å². The summed E-state index contributed by atoms with van der Waals surface area (Å²) < 4.78 is 6.24. The standard InChI is InChI=1S/C55H39NO/c1-2-12-36(13-3-1)37-22-27-40(28-23-37)56(41-29-24-38(25-30-41)39-26-33-54-48(34-39)47-17-7-11-21-53(47)57-54)42-31-32-46-45-16-6-10-20-51(45)55(52(46)35-42)49-18-8-4-14-43(49)44-15-5-9-19-50(44)55/h1-10,12-20,22-35,43,49H,11,21H2. The molecular weight excluding hydrogens is 691 g/mol. The lowest BCUT2D eigenvalue weighted by atomic mass is 9.65. The highest BCUT2D eigenvalue weighted by molar-refractivity contribution is 5.93. The maximum atomic E-state index is 6.24. The number of rotatable bonds is 5. The van der Waals surface area contributed by atoms with Gasteiger partial charge < -0.3 is 9.32 Å². The molecule has 2 nitrogen and oxygen atoms in total. The number of aryl methyl sites for hydroxylation is 1. The van der Waals surface area contributed by atoms with E-state index in [9.17, 15) is 0 Å². The SMILES string of the molecule is C1=CC2c3ccccc3C3(c4ccccc4-c4ccc(N(c5ccc(-c6ccccc6)cc5)c5ccc(-c6ccc7oc8c(c7c6)C=CCC8)cc5)cc43)C2C=C1. The number of hydrogen-bond donors (Lipinski definition) is 0. The fraction of sp³-hybridized carbons (Fsp3) is 0.0909. The smallest absolute Gasteiger partial charge is 0.134 e. The Balaban J connectivity index is 1.02. The summed E-state index contributed by atoms with van der Waals surface area (Å²) >= 11 is 0. The molecule has 1 aromatic heterocycles. The summed E-state index contributed by atoms with van der Waals surface area (Å²) in [7, 11) is 0. The molecule has 0 saturated heterocycles. The number of allylic oxidation sites excluding steroid dienone is 5. The summed E-state index contributed by atoms with van der Waals surface area (Å²) in [5, 5.41) is 1.19. The van der Waals surface area contributed by atoms with Crippen LogP contribution in [0.4, 0.5) is 17.1 Å². The largest absolute Gasteiger partial charge is 0.460 e. The lowest BCUT2D eigenvalue weighted by Crippen LogP contribution is -2.33. The number of hydrogen-bond acceptors (Lipinski definition) is 2. The van der Waals surface area contributed by atoms with Crippen molar-refractivity contribution >= 4 is 34.1 Å². The van der Waals surface area contributed by atoms with Crippen molar-refractivity contribution in [3.63, 3.8) is 0 Å². The molecule has 0 N–H and O–H groups in total. The molecule has 0 aliphatic heterocycles. The summed E-state index contributed by atoms with van der Waals surface area (Å²) in [6.45, 7) is 0. The Morgan fingerprint density at radius 1 is 0.526 bits per heavy atom. The van der Waals surface area contributed by atoms with E-state index in [1.807, 2.05) is 0 Å². The van der Waals surface area contributed by atoms with Gasteiger partial charge in [-0.2, -0.15) is 0 Å². The molecule has 0 saturated carbocycles. The molecule has 3 unspecified atom stereocenters. The van der Waals surface area contributed by atoms with E-state index in [2.05, 4.69) is 205 Å². The van der Waals surface area contributed by atoms with Gasteiger partial charge in [0.05, 0.1) is 5.41 Å². The van der Waals surface area contributed by atoms with E-state index in [0.717, 1.165) is 41.2 Å². The first-order valence-electron chi connectivity index (χ1n) is 20.2. The quantitative estimate of drug-likeness (QED) is 0.175.